The number of allylic oxidation sites excluding steroid dienone is 1. The van der Waals surface area contributed by atoms with Crippen molar-refractivity contribution in [2.45, 2.75) is 84.4 Å². The van der Waals surface area contributed by atoms with Crippen LogP contribution in [-0.2, 0) is 33.4 Å². The second kappa shape index (κ2) is 10.2. The third kappa shape index (κ3) is 4.52. The highest BCUT2D eigenvalue weighted by atomic mass is 16.6. The summed E-state index contributed by atoms with van der Waals surface area (Å²) in [5.74, 6) is -5.87. The monoisotopic (exact) mass is 570 g/mol. The molecule has 2 N–H and O–H groups in total. The molecule has 0 bridgehead atoms. The zero-order valence-electron chi connectivity index (χ0n) is 24.2. The molecule has 41 heavy (non-hydrogen) atoms. The minimum atomic E-state index is -2.55. The molecule has 0 unspecified atom stereocenters. The van der Waals surface area contributed by atoms with Crippen molar-refractivity contribution < 1.29 is 48.4 Å². The van der Waals surface area contributed by atoms with Crippen molar-refractivity contribution in [2.24, 2.45) is 28.1 Å². The van der Waals surface area contributed by atoms with Crippen LogP contribution >= 0.6 is 0 Å². The molecule has 9 atom stereocenters. The van der Waals surface area contributed by atoms with Crippen LogP contribution in [0, 0.1) is 28.1 Å². The molecule has 222 valence electrons. The Balaban J connectivity index is 1.99. The molecule has 1 aromatic carbocycles. The first-order valence-electron chi connectivity index (χ1n) is 13.7. The number of Topliss-reactive ketones (excluding diaryl/α,β-unsaturated/α-hetero) is 2. The summed E-state index contributed by atoms with van der Waals surface area (Å²) in [6.07, 6.45) is -4.92. The Hall–Kier alpha value is -3.37. The maximum absolute atomic E-state index is 14.1. The van der Waals surface area contributed by atoms with Gasteiger partial charge in [-0.3, -0.25) is 19.2 Å². The Morgan fingerprint density at radius 1 is 0.951 bits per heavy atom. The smallest absolute Gasteiger partial charge is 0.338 e. The van der Waals surface area contributed by atoms with Gasteiger partial charge < -0.3 is 24.4 Å². The fourth-order valence-electron chi connectivity index (χ4n) is 7.83. The van der Waals surface area contributed by atoms with E-state index in [1.165, 1.54) is 32.1 Å². The highest BCUT2D eigenvalue weighted by Crippen LogP contribution is 2.66. The summed E-state index contributed by atoms with van der Waals surface area (Å²) in [5, 5.41) is 23.5. The number of carbonyl (C=O) groups excluding carboxylic acids is 5. The molecule has 4 rings (SSSR count). The number of ketones is 2. The van der Waals surface area contributed by atoms with Gasteiger partial charge in [0.1, 0.15) is 18.0 Å². The van der Waals surface area contributed by atoms with E-state index in [4.69, 9.17) is 14.2 Å². The van der Waals surface area contributed by atoms with E-state index in [-0.39, 0.29) is 18.4 Å². The Kier molecular flexibility index (Phi) is 7.58. The summed E-state index contributed by atoms with van der Waals surface area (Å²) in [6.45, 7) is 12.6. The summed E-state index contributed by atoms with van der Waals surface area (Å²) in [7, 11) is 0. The van der Waals surface area contributed by atoms with Crippen molar-refractivity contribution in [3.63, 3.8) is 0 Å². The molecule has 3 fully saturated rings. The van der Waals surface area contributed by atoms with E-state index in [1.807, 2.05) is 0 Å². The van der Waals surface area contributed by atoms with E-state index >= 15 is 0 Å². The van der Waals surface area contributed by atoms with E-state index in [2.05, 4.69) is 6.58 Å². The lowest BCUT2D eigenvalue weighted by atomic mass is 9.39. The molecule has 1 aromatic rings. The highest BCUT2D eigenvalue weighted by Gasteiger charge is 2.77. The zero-order valence-corrected chi connectivity index (χ0v) is 24.2. The van der Waals surface area contributed by atoms with Gasteiger partial charge in [0.05, 0.1) is 23.0 Å². The first-order chi connectivity index (χ1) is 19.0. The molecule has 3 aliphatic carbocycles. The van der Waals surface area contributed by atoms with Crippen LogP contribution in [0.15, 0.2) is 43.0 Å². The summed E-state index contributed by atoms with van der Waals surface area (Å²) >= 11 is 0. The number of hydrogen-bond donors (Lipinski definition) is 2. The number of fused-ring (bicyclic) bond motifs is 3. The molecule has 3 saturated carbocycles. The third-order valence-electron chi connectivity index (χ3n) is 9.66. The second-order valence-electron chi connectivity index (χ2n) is 12.6. The molecule has 10 nitrogen and oxygen atoms in total. The maximum Gasteiger partial charge on any atom is 0.338 e. The minimum Gasteiger partial charge on any atom is -0.458 e. The van der Waals surface area contributed by atoms with Crippen molar-refractivity contribution >= 4 is 29.5 Å². The Morgan fingerprint density at radius 2 is 1.54 bits per heavy atom. The minimum absolute atomic E-state index is 0.166. The normalized spacial score (nSPS) is 39.5. The van der Waals surface area contributed by atoms with Crippen molar-refractivity contribution in [3.8, 4) is 0 Å². The van der Waals surface area contributed by atoms with Crippen molar-refractivity contribution in [1.29, 1.82) is 0 Å². The molecule has 0 radical (unpaired) electrons. The van der Waals surface area contributed by atoms with Gasteiger partial charge in [-0.2, -0.15) is 0 Å². The number of aliphatic hydroxyl groups is 2. The van der Waals surface area contributed by atoms with E-state index in [9.17, 15) is 34.2 Å². The molecule has 0 saturated heterocycles. The Bertz CT molecular complexity index is 1290. The van der Waals surface area contributed by atoms with Crippen LogP contribution in [0.1, 0.15) is 64.7 Å². The van der Waals surface area contributed by atoms with Gasteiger partial charge >= 0.3 is 17.9 Å². The highest BCUT2D eigenvalue weighted by molar-refractivity contribution is 6.06. The summed E-state index contributed by atoms with van der Waals surface area (Å²) in [5.41, 5.74) is -6.48. The number of hydrogen-bond acceptors (Lipinski definition) is 10. The van der Waals surface area contributed by atoms with Gasteiger partial charge in [-0.1, -0.05) is 45.0 Å². The van der Waals surface area contributed by atoms with Crippen LogP contribution in [0.2, 0.25) is 0 Å². The molecule has 3 aliphatic rings. The van der Waals surface area contributed by atoms with Crippen LogP contribution in [0.4, 0.5) is 0 Å². The van der Waals surface area contributed by atoms with Gasteiger partial charge in [-0.15, -0.1) is 6.58 Å². The first kappa shape index (κ1) is 30.6. The predicted octanol–water partition coefficient (Wildman–Crippen LogP) is 2.58. The fourth-order valence-corrected chi connectivity index (χ4v) is 7.83. The maximum atomic E-state index is 14.1. The molecule has 0 amide bonds. The predicted molar refractivity (Wildman–Crippen MR) is 144 cm³/mol. The Labute approximate surface area is 239 Å². The van der Waals surface area contributed by atoms with Crippen molar-refractivity contribution in [3.05, 3.63) is 48.6 Å². The standard InChI is InChI=1S/C31H38O10/c1-8-29(6)15-19(34)23-30(7)20(14-21(35)31(23,38)27(29)37)28(4,5)24(40-17(3)33)22(39-16(2)32)25(30)41-26(36)18-12-10-9-11-13-18/h8-13,20-25,35,38H,1,14-15H2,2-7H3/t20-,21+,22-,23+,24+,25-,29-,30-,31-/m0/s1. The number of ether oxygens (including phenoxy) is 3. The molecular formula is C31H38O10. The van der Waals surface area contributed by atoms with Crippen LogP contribution < -0.4 is 0 Å². The average molecular weight is 571 g/mol. The lowest BCUT2D eigenvalue weighted by molar-refractivity contribution is -0.293. The van der Waals surface area contributed by atoms with Crippen LogP contribution in [0.5, 0.6) is 0 Å². The van der Waals surface area contributed by atoms with Gasteiger partial charge in [0.15, 0.2) is 17.5 Å². The van der Waals surface area contributed by atoms with Crippen molar-refractivity contribution in [1.82, 2.24) is 0 Å². The molecule has 0 heterocycles. The number of benzene rings is 1. The first-order valence-corrected chi connectivity index (χ1v) is 13.7. The second-order valence-corrected chi connectivity index (χ2v) is 12.6. The Morgan fingerprint density at radius 3 is 2.07 bits per heavy atom. The van der Waals surface area contributed by atoms with E-state index in [1.54, 1.807) is 39.0 Å². The third-order valence-corrected chi connectivity index (χ3v) is 9.66. The topological polar surface area (TPSA) is 154 Å². The SMILES string of the molecule is C=C[C@@]1(C)CC(=O)[C@H]2[C@](O)(C1=O)[C@H](O)C[C@H]1C(C)(C)[C@H](OC(C)=O)[C@H](OC(C)=O)[C@H](OC(=O)c3ccccc3)[C@@]12C. The number of rotatable bonds is 5. The molecule has 0 aromatic heterocycles. The van der Waals surface area contributed by atoms with E-state index < -0.39 is 87.6 Å². The van der Waals surface area contributed by atoms with Gasteiger partial charge in [0.25, 0.3) is 0 Å². The summed E-state index contributed by atoms with van der Waals surface area (Å²) in [6, 6.07) is 8.01. The van der Waals surface area contributed by atoms with Gasteiger partial charge in [-0.05, 0) is 31.4 Å². The number of aliphatic hydroxyl groups excluding tert-OH is 1. The van der Waals surface area contributed by atoms with Gasteiger partial charge in [0, 0.05) is 31.1 Å². The van der Waals surface area contributed by atoms with Crippen LogP contribution in [0.3, 0.4) is 0 Å². The number of carbonyl (C=O) groups is 5. The lowest BCUT2D eigenvalue weighted by Gasteiger charge is -2.67. The largest absolute Gasteiger partial charge is 0.458 e. The average Bonchev–Trinajstić information content (AvgIpc) is 2.89. The van der Waals surface area contributed by atoms with Gasteiger partial charge in [-0.25, -0.2) is 4.79 Å². The van der Waals surface area contributed by atoms with Crippen LogP contribution in [0.25, 0.3) is 0 Å². The van der Waals surface area contributed by atoms with Crippen molar-refractivity contribution in [2.75, 3.05) is 0 Å². The quantitative estimate of drug-likeness (QED) is 0.307. The zero-order chi connectivity index (χ0) is 30.7. The summed E-state index contributed by atoms with van der Waals surface area (Å²) in [4.78, 5) is 66.2. The molecule has 10 heteroatoms. The molecular weight excluding hydrogens is 532 g/mol. The van der Waals surface area contributed by atoms with Crippen LogP contribution in [-0.4, -0.2) is 69.7 Å². The van der Waals surface area contributed by atoms with Gasteiger partial charge in [0.2, 0.25) is 0 Å². The van der Waals surface area contributed by atoms with E-state index in [0.717, 1.165) is 6.92 Å². The van der Waals surface area contributed by atoms with E-state index in [0.29, 0.717) is 0 Å². The fraction of sp³-hybridized carbons (Fsp3) is 0.581. The molecule has 0 aliphatic heterocycles. The lowest BCUT2D eigenvalue weighted by Crippen LogP contribution is -2.79. The number of esters is 3. The molecule has 0 spiro atoms. The summed E-state index contributed by atoms with van der Waals surface area (Å²) < 4.78 is 17.5.